The SMILES string of the molecule is CN=C(NCC1CCCOC1C(C)(C)C)NC(C)COC. The van der Waals surface area contributed by atoms with Crippen LogP contribution in [0, 0.1) is 11.3 Å². The number of rotatable bonds is 5. The summed E-state index contributed by atoms with van der Waals surface area (Å²) in [7, 11) is 3.51. The van der Waals surface area contributed by atoms with Gasteiger partial charge in [0, 0.05) is 39.3 Å². The van der Waals surface area contributed by atoms with Gasteiger partial charge in [-0.1, -0.05) is 20.8 Å². The van der Waals surface area contributed by atoms with Gasteiger partial charge in [0.05, 0.1) is 12.7 Å². The topological polar surface area (TPSA) is 54.9 Å². The average Bonchev–Trinajstić information content (AvgIpc) is 2.43. The first-order chi connectivity index (χ1) is 9.88. The highest BCUT2D eigenvalue weighted by Crippen LogP contribution is 2.33. The first-order valence-corrected chi connectivity index (χ1v) is 7.96. The van der Waals surface area contributed by atoms with E-state index < -0.39 is 0 Å². The Hall–Kier alpha value is -0.810. The standard InChI is InChI=1S/C16H33N3O2/c1-12(11-20-6)19-15(17-5)18-10-13-8-7-9-21-14(13)16(2,3)4/h12-14H,7-11H2,1-6H3,(H2,17,18,19). The molecule has 5 nitrogen and oxygen atoms in total. The van der Waals surface area contributed by atoms with Crippen LogP contribution in [-0.4, -0.2) is 52.0 Å². The minimum absolute atomic E-state index is 0.174. The molecule has 0 aromatic heterocycles. The summed E-state index contributed by atoms with van der Waals surface area (Å²) in [5.74, 6) is 1.35. The molecule has 1 aliphatic rings. The van der Waals surface area contributed by atoms with E-state index in [4.69, 9.17) is 9.47 Å². The first-order valence-electron chi connectivity index (χ1n) is 7.96. The van der Waals surface area contributed by atoms with Gasteiger partial charge < -0.3 is 20.1 Å². The van der Waals surface area contributed by atoms with Gasteiger partial charge in [0.1, 0.15) is 0 Å². The van der Waals surface area contributed by atoms with Gasteiger partial charge in [-0.3, -0.25) is 4.99 Å². The summed E-state index contributed by atoms with van der Waals surface area (Å²) in [5, 5.41) is 6.77. The van der Waals surface area contributed by atoms with Crippen LogP contribution in [0.4, 0.5) is 0 Å². The molecular formula is C16H33N3O2. The summed E-state index contributed by atoms with van der Waals surface area (Å²) >= 11 is 0. The Balaban J connectivity index is 2.50. The monoisotopic (exact) mass is 299 g/mol. The summed E-state index contributed by atoms with van der Waals surface area (Å²) in [6, 6.07) is 0.238. The third-order valence-corrected chi connectivity index (χ3v) is 3.85. The normalized spacial score (nSPS) is 25.5. The fraction of sp³-hybridized carbons (Fsp3) is 0.938. The maximum absolute atomic E-state index is 6.02. The lowest BCUT2D eigenvalue weighted by atomic mass is 9.78. The Kier molecular flexibility index (Phi) is 7.46. The van der Waals surface area contributed by atoms with Crippen LogP contribution in [0.25, 0.3) is 0 Å². The molecule has 1 rings (SSSR count). The van der Waals surface area contributed by atoms with E-state index in [1.54, 1.807) is 14.2 Å². The summed E-state index contributed by atoms with van der Waals surface area (Å²) in [5.41, 5.74) is 0.174. The number of methoxy groups -OCH3 is 1. The van der Waals surface area contributed by atoms with Crippen molar-refractivity contribution in [3.05, 3.63) is 0 Å². The second-order valence-corrected chi connectivity index (χ2v) is 7.01. The van der Waals surface area contributed by atoms with Crippen LogP contribution in [0.2, 0.25) is 0 Å². The molecule has 5 heteroatoms. The molecule has 3 unspecified atom stereocenters. The van der Waals surface area contributed by atoms with Gasteiger partial charge in [-0.05, 0) is 25.2 Å². The molecule has 1 heterocycles. The van der Waals surface area contributed by atoms with E-state index in [2.05, 4.69) is 43.3 Å². The molecule has 0 saturated carbocycles. The van der Waals surface area contributed by atoms with Crippen molar-refractivity contribution in [2.75, 3.05) is 33.9 Å². The summed E-state index contributed by atoms with van der Waals surface area (Å²) in [6.07, 6.45) is 2.65. The first kappa shape index (κ1) is 18.2. The molecule has 0 aromatic rings. The summed E-state index contributed by atoms with van der Waals surface area (Å²) in [6.45, 7) is 11.3. The van der Waals surface area contributed by atoms with Gasteiger partial charge in [0.15, 0.2) is 5.96 Å². The predicted octanol–water partition coefficient (Wildman–Crippen LogP) is 2.03. The zero-order chi connectivity index (χ0) is 15.9. The molecule has 3 atom stereocenters. The maximum Gasteiger partial charge on any atom is 0.191 e. The van der Waals surface area contributed by atoms with Crippen molar-refractivity contribution >= 4 is 5.96 Å². The summed E-state index contributed by atoms with van der Waals surface area (Å²) in [4.78, 5) is 4.28. The number of ether oxygens (including phenoxy) is 2. The Morgan fingerprint density at radius 1 is 1.43 bits per heavy atom. The van der Waals surface area contributed by atoms with E-state index in [1.807, 2.05) is 0 Å². The molecule has 124 valence electrons. The highest BCUT2D eigenvalue weighted by molar-refractivity contribution is 5.79. The second-order valence-electron chi connectivity index (χ2n) is 7.01. The van der Waals surface area contributed by atoms with Crippen LogP contribution in [-0.2, 0) is 9.47 Å². The number of hydrogen-bond acceptors (Lipinski definition) is 3. The largest absolute Gasteiger partial charge is 0.383 e. The second kappa shape index (κ2) is 8.59. The fourth-order valence-corrected chi connectivity index (χ4v) is 2.96. The van der Waals surface area contributed by atoms with E-state index in [0.29, 0.717) is 18.6 Å². The van der Waals surface area contributed by atoms with Crippen LogP contribution < -0.4 is 10.6 Å². The van der Waals surface area contributed by atoms with E-state index in [-0.39, 0.29) is 11.5 Å². The minimum Gasteiger partial charge on any atom is -0.383 e. The number of guanidine groups is 1. The zero-order valence-electron chi connectivity index (χ0n) is 14.5. The predicted molar refractivity (Wildman–Crippen MR) is 87.8 cm³/mol. The van der Waals surface area contributed by atoms with Crippen molar-refractivity contribution in [3.63, 3.8) is 0 Å². The number of nitrogens with one attached hydrogen (secondary N) is 2. The Morgan fingerprint density at radius 2 is 2.14 bits per heavy atom. The van der Waals surface area contributed by atoms with Crippen LogP contribution in [0.5, 0.6) is 0 Å². The molecular weight excluding hydrogens is 266 g/mol. The van der Waals surface area contributed by atoms with E-state index in [0.717, 1.165) is 25.5 Å². The van der Waals surface area contributed by atoms with E-state index in [9.17, 15) is 0 Å². The average molecular weight is 299 g/mol. The van der Waals surface area contributed by atoms with Gasteiger partial charge >= 0.3 is 0 Å². The van der Waals surface area contributed by atoms with Gasteiger partial charge in [-0.25, -0.2) is 0 Å². The van der Waals surface area contributed by atoms with Crippen molar-refractivity contribution in [2.45, 2.75) is 52.7 Å². The molecule has 0 aromatic carbocycles. The third-order valence-electron chi connectivity index (χ3n) is 3.85. The minimum atomic E-state index is 0.174. The molecule has 1 saturated heterocycles. The molecule has 0 spiro atoms. The van der Waals surface area contributed by atoms with Crippen LogP contribution in [0.15, 0.2) is 4.99 Å². The zero-order valence-corrected chi connectivity index (χ0v) is 14.5. The molecule has 0 radical (unpaired) electrons. The lowest BCUT2D eigenvalue weighted by Gasteiger charge is -2.40. The maximum atomic E-state index is 6.02. The third kappa shape index (κ3) is 6.22. The van der Waals surface area contributed by atoms with Crippen molar-refractivity contribution in [2.24, 2.45) is 16.3 Å². The molecule has 21 heavy (non-hydrogen) atoms. The van der Waals surface area contributed by atoms with E-state index >= 15 is 0 Å². The van der Waals surface area contributed by atoms with Gasteiger partial charge in [-0.15, -0.1) is 0 Å². The Bertz CT molecular complexity index is 326. The van der Waals surface area contributed by atoms with Crippen LogP contribution in [0.3, 0.4) is 0 Å². The smallest absolute Gasteiger partial charge is 0.191 e. The summed E-state index contributed by atoms with van der Waals surface area (Å²) < 4.78 is 11.2. The molecule has 0 bridgehead atoms. The Morgan fingerprint density at radius 3 is 2.71 bits per heavy atom. The van der Waals surface area contributed by atoms with Crippen molar-refractivity contribution in [1.82, 2.24) is 10.6 Å². The molecule has 1 aliphatic heterocycles. The van der Waals surface area contributed by atoms with Crippen molar-refractivity contribution < 1.29 is 9.47 Å². The molecule has 0 amide bonds. The molecule has 0 aliphatic carbocycles. The molecule has 1 fully saturated rings. The fourth-order valence-electron chi connectivity index (χ4n) is 2.96. The van der Waals surface area contributed by atoms with Crippen LogP contribution in [0.1, 0.15) is 40.5 Å². The van der Waals surface area contributed by atoms with Gasteiger partial charge in [0.2, 0.25) is 0 Å². The highest BCUT2D eigenvalue weighted by atomic mass is 16.5. The molecule has 2 N–H and O–H groups in total. The van der Waals surface area contributed by atoms with Crippen molar-refractivity contribution in [1.29, 1.82) is 0 Å². The Labute approximate surface area is 129 Å². The highest BCUT2D eigenvalue weighted by Gasteiger charge is 2.35. The van der Waals surface area contributed by atoms with Crippen LogP contribution >= 0.6 is 0 Å². The lowest BCUT2D eigenvalue weighted by Crippen LogP contribution is -2.49. The number of hydrogen-bond donors (Lipinski definition) is 2. The lowest BCUT2D eigenvalue weighted by molar-refractivity contribution is -0.0835. The van der Waals surface area contributed by atoms with Crippen molar-refractivity contribution in [3.8, 4) is 0 Å². The number of aliphatic imine (C=N–C) groups is 1. The van der Waals surface area contributed by atoms with E-state index in [1.165, 1.54) is 6.42 Å². The number of nitrogens with zero attached hydrogens (tertiary/aromatic N) is 1. The van der Waals surface area contributed by atoms with Gasteiger partial charge in [-0.2, -0.15) is 0 Å². The van der Waals surface area contributed by atoms with Gasteiger partial charge in [0.25, 0.3) is 0 Å². The quantitative estimate of drug-likeness (QED) is 0.602.